The van der Waals surface area contributed by atoms with Crippen LogP contribution in [0.1, 0.15) is 5.56 Å². The molecule has 2 aromatic carbocycles. The Morgan fingerprint density at radius 1 is 1.00 bits per heavy atom. The molecule has 0 saturated heterocycles. The topological polar surface area (TPSA) is 59.1 Å². The summed E-state index contributed by atoms with van der Waals surface area (Å²) in [5.41, 5.74) is 1.39. The summed E-state index contributed by atoms with van der Waals surface area (Å²) in [5, 5.41) is 0. The molecule has 0 heterocycles. The molecule has 0 radical (unpaired) electrons. The van der Waals surface area contributed by atoms with Gasteiger partial charge in [-0.1, -0.05) is 18.2 Å². The van der Waals surface area contributed by atoms with Gasteiger partial charge in [-0.15, -0.1) is 0 Å². The summed E-state index contributed by atoms with van der Waals surface area (Å²) in [6.07, 6.45) is 3.09. The Hall–Kier alpha value is -3.28. The van der Waals surface area contributed by atoms with Crippen molar-refractivity contribution >= 4 is 23.6 Å². The molecule has 0 aliphatic rings. The van der Waals surface area contributed by atoms with Crippen LogP contribution >= 0.6 is 0 Å². The number of para-hydroxylation sites is 1. The fourth-order valence-electron chi connectivity index (χ4n) is 2.39. The predicted octanol–water partition coefficient (Wildman–Crippen LogP) is 2.84. The number of amides is 2. The Kier molecular flexibility index (Phi) is 7.00. The molecule has 0 saturated carbocycles. The zero-order valence-corrected chi connectivity index (χ0v) is 16.0. The predicted molar refractivity (Wildman–Crippen MR) is 106 cm³/mol. The molecule has 2 aromatic rings. The second kappa shape index (κ2) is 9.43. The minimum atomic E-state index is -0.297. The van der Waals surface area contributed by atoms with Gasteiger partial charge in [-0.05, 0) is 30.3 Å². The van der Waals surface area contributed by atoms with E-state index in [2.05, 4.69) is 0 Å². The van der Waals surface area contributed by atoms with Crippen molar-refractivity contribution in [3.05, 3.63) is 60.2 Å². The van der Waals surface area contributed by atoms with Gasteiger partial charge in [0.2, 0.25) is 5.91 Å². The Labute approximate surface area is 159 Å². The quantitative estimate of drug-likeness (QED) is 0.705. The van der Waals surface area contributed by atoms with Crippen LogP contribution in [0.3, 0.4) is 0 Å². The van der Waals surface area contributed by atoms with Gasteiger partial charge in [0.1, 0.15) is 18.0 Å². The van der Waals surface area contributed by atoms with E-state index in [1.807, 2.05) is 18.2 Å². The van der Waals surface area contributed by atoms with Crippen LogP contribution in [-0.4, -0.2) is 51.6 Å². The fraction of sp³-hybridized carbons (Fsp3) is 0.238. The number of anilines is 1. The van der Waals surface area contributed by atoms with E-state index in [1.165, 1.54) is 15.9 Å². The van der Waals surface area contributed by atoms with Crippen molar-refractivity contribution in [3.63, 3.8) is 0 Å². The van der Waals surface area contributed by atoms with Crippen LogP contribution in [0.5, 0.6) is 11.5 Å². The smallest absolute Gasteiger partial charge is 0.251 e. The third kappa shape index (κ3) is 5.34. The Balaban J connectivity index is 2.27. The SMILES string of the molecule is COc1ccc(C=CC(=O)N(CC(=O)N(C)C)c2ccccc2)c(OC)c1. The van der Waals surface area contributed by atoms with E-state index in [-0.39, 0.29) is 18.4 Å². The molecule has 142 valence electrons. The minimum absolute atomic E-state index is 0.0417. The molecule has 0 spiro atoms. The van der Waals surface area contributed by atoms with Crippen molar-refractivity contribution in [3.8, 4) is 11.5 Å². The molecule has 0 aliphatic carbocycles. The van der Waals surface area contributed by atoms with Gasteiger partial charge in [0, 0.05) is 37.5 Å². The number of benzene rings is 2. The third-order valence-electron chi connectivity index (χ3n) is 3.97. The van der Waals surface area contributed by atoms with Gasteiger partial charge in [0.15, 0.2) is 0 Å². The van der Waals surface area contributed by atoms with Gasteiger partial charge < -0.3 is 14.4 Å². The minimum Gasteiger partial charge on any atom is -0.497 e. The summed E-state index contributed by atoms with van der Waals surface area (Å²) in [5.74, 6) is 0.795. The lowest BCUT2D eigenvalue weighted by molar-refractivity contribution is -0.128. The van der Waals surface area contributed by atoms with Gasteiger partial charge in [0.05, 0.1) is 14.2 Å². The number of hydrogen-bond donors (Lipinski definition) is 0. The summed E-state index contributed by atoms with van der Waals surface area (Å²) in [4.78, 5) is 27.8. The number of methoxy groups -OCH3 is 2. The molecule has 0 N–H and O–H groups in total. The average molecular weight is 368 g/mol. The molecule has 0 unspecified atom stereocenters. The Morgan fingerprint density at radius 2 is 1.70 bits per heavy atom. The maximum Gasteiger partial charge on any atom is 0.251 e. The van der Waals surface area contributed by atoms with Gasteiger partial charge in [-0.3, -0.25) is 14.5 Å². The molecule has 6 nitrogen and oxygen atoms in total. The highest BCUT2D eigenvalue weighted by molar-refractivity contribution is 6.06. The van der Waals surface area contributed by atoms with E-state index in [0.29, 0.717) is 17.2 Å². The van der Waals surface area contributed by atoms with E-state index < -0.39 is 0 Å². The first-order chi connectivity index (χ1) is 13.0. The maximum absolute atomic E-state index is 12.8. The highest BCUT2D eigenvalue weighted by atomic mass is 16.5. The van der Waals surface area contributed by atoms with Crippen molar-refractivity contribution in [2.24, 2.45) is 0 Å². The molecule has 2 amide bonds. The Morgan fingerprint density at radius 3 is 2.30 bits per heavy atom. The van der Waals surface area contributed by atoms with Crippen LogP contribution in [0.15, 0.2) is 54.6 Å². The largest absolute Gasteiger partial charge is 0.497 e. The molecule has 0 atom stereocenters. The number of carbonyl (C=O) groups excluding carboxylic acids is 2. The first kappa shape index (κ1) is 20.0. The van der Waals surface area contributed by atoms with Crippen LogP contribution in [-0.2, 0) is 9.59 Å². The number of rotatable bonds is 7. The van der Waals surface area contributed by atoms with Gasteiger partial charge in [-0.25, -0.2) is 0 Å². The summed E-state index contributed by atoms with van der Waals surface area (Å²) >= 11 is 0. The highest BCUT2D eigenvalue weighted by Crippen LogP contribution is 2.25. The maximum atomic E-state index is 12.8. The average Bonchev–Trinajstić information content (AvgIpc) is 2.70. The molecule has 0 aliphatic heterocycles. The van der Waals surface area contributed by atoms with Crippen LogP contribution in [0, 0.1) is 0 Å². The normalized spacial score (nSPS) is 10.5. The van der Waals surface area contributed by atoms with Crippen molar-refractivity contribution < 1.29 is 19.1 Å². The Bertz CT molecular complexity index is 816. The second-order valence-corrected chi connectivity index (χ2v) is 5.99. The van der Waals surface area contributed by atoms with E-state index in [1.54, 1.807) is 64.7 Å². The molecule has 0 aromatic heterocycles. The number of hydrogen-bond acceptors (Lipinski definition) is 4. The van der Waals surface area contributed by atoms with Gasteiger partial charge >= 0.3 is 0 Å². The standard InChI is InChI=1S/C21H24N2O4/c1-22(2)21(25)15-23(17-8-6-5-7-9-17)20(24)13-11-16-10-12-18(26-3)14-19(16)27-4/h5-14H,15H2,1-4H3. The molecular weight excluding hydrogens is 344 g/mol. The molecule has 6 heteroatoms. The fourth-order valence-corrected chi connectivity index (χ4v) is 2.39. The molecule has 0 fully saturated rings. The lowest BCUT2D eigenvalue weighted by Gasteiger charge is -2.22. The highest BCUT2D eigenvalue weighted by Gasteiger charge is 2.18. The monoisotopic (exact) mass is 368 g/mol. The van der Waals surface area contributed by atoms with Crippen LogP contribution in [0.2, 0.25) is 0 Å². The summed E-state index contributed by atoms with van der Waals surface area (Å²) < 4.78 is 10.5. The number of likely N-dealkylation sites (N-methyl/N-ethyl adjacent to an activating group) is 1. The molecular formula is C21H24N2O4. The third-order valence-corrected chi connectivity index (χ3v) is 3.97. The van der Waals surface area contributed by atoms with Crippen LogP contribution in [0.25, 0.3) is 6.08 Å². The van der Waals surface area contributed by atoms with E-state index >= 15 is 0 Å². The van der Waals surface area contributed by atoms with Crippen molar-refractivity contribution in [1.29, 1.82) is 0 Å². The van der Waals surface area contributed by atoms with E-state index in [0.717, 1.165) is 5.56 Å². The van der Waals surface area contributed by atoms with Gasteiger partial charge in [-0.2, -0.15) is 0 Å². The first-order valence-corrected chi connectivity index (χ1v) is 8.43. The van der Waals surface area contributed by atoms with Gasteiger partial charge in [0.25, 0.3) is 5.91 Å². The lowest BCUT2D eigenvalue weighted by Crippen LogP contribution is -2.39. The summed E-state index contributed by atoms with van der Waals surface area (Å²) in [7, 11) is 6.45. The van der Waals surface area contributed by atoms with E-state index in [4.69, 9.17) is 9.47 Å². The molecule has 2 rings (SSSR count). The zero-order valence-electron chi connectivity index (χ0n) is 16.0. The second-order valence-electron chi connectivity index (χ2n) is 5.99. The molecule has 0 bridgehead atoms. The van der Waals surface area contributed by atoms with Crippen molar-refractivity contribution in [2.75, 3.05) is 39.8 Å². The summed E-state index contributed by atoms with van der Waals surface area (Å²) in [6, 6.07) is 14.4. The van der Waals surface area contributed by atoms with Crippen molar-refractivity contribution in [1.82, 2.24) is 4.90 Å². The lowest BCUT2D eigenvalue weighted by atomic mass is 10.1. The van der Waals surface area contributed by atoms with Crippen LogP contribution < -0.4 is 14.4 Å². The summed E-state index contributed by atoms with van der Waals surface area (Å²) in [6.45, 7) is -0.0417. The first-order valence-electron chi connectivity index (χ1n) is 8.43. The van der Waals surface area contributed by atoms with E-state index in [9.17, 15) is 9.59 Å². The molecule has 27 heavy (non-hydrogen) atoms. The number of nitrogens with zero attached hydrogens (tertiary/aromatic N) is 2. The number of carbonyl (C=O) groups is 2. The van der Waals surface area contributed by atoms with Crippen molar-refractivity contribution in [2.45, 2.75) is 0 Å². The van der Waals surface area contributed by atoms with Crippen LogP contribution in [0.4, 0.5) is 5.69 Å². The number of ether oxygens (including phenoxy) is 2. The zero-order chi connectivity index (χ0) is 19.8.